The Labute approximate surface area is 158 Å². The predicted molar refractivity (Wildman–Crippen MR) is 103 cm³/mol. The normalized spacial score (nSPS) is 11.8. The number of carboxylic acid groups (broad SMARTS) is 1. The summed E-state index contributed by atoms with van der Waals surface area (Å²) < 4.78 is 5.70. The first-order valence-electron chi connectivity index (χ1n) is 8.71. The fraction of sp³-hybridized carbons (Fsp3) is 0.130. The molecule has 0 spiro atoms. The minimum Gasteiger partial charge on any atom is -0.478 e. The van der Waals surface area contributed by atoms with Gasteiger partial charge < -0.3 is 9.84 Å². The number of ether oxygens (including phenoxy) is 1. The molecule has 4 nitrogen and oxygen atoms in total. The number of benzene rings is 3. The third kappa shape index (κ3) is 4.23. The number of esters is 1. The number of hydrogen-bond acceptors (Lipinski definition) is 3. The standard InChI is InChI=1S/C23H20O4/c1-16(27-23(26)20-15-9-8-14-19(20)22(24)25)21(17-10-4-2-5-11-17)18-12-6-3-7-13-18/h2-16,21H,1H3,(H,24,25)/t16-/m0/s1. The van der Waals surface area contributed by atoms with Crippen molar-refractivity contribution in [3.05, 3.63) is 107 Å². The number of carbonyl (C=O) groups excluding carboxylic acids is 1. The zero-order valence-corrected chi connectivity index (χ0v) is 14.9. The van der Waals surface area contributed by atoms with Crippen LogP contribution in [0.3, 0.4) is 0 Å². The molecule has 3 rings (SSSR count). The molecular weight excluding hydrogens is 340 g/mol. The van der Waals surface area contributed by atoms with E-state index in [0.29, 0.717) is 0 Å². The number of carboxylic acids is 1. The van der Waals surface area contributed by atoms with Gasteiger partial charge in [-0.1, -0.05) is 72.8 Å². The van der Waals surface area contributed by atoms with E-state index in [1.807, 2.05) is 67.6 Å². The molecule has 0 bridgehead atoms. The maximum Gasteiger partial charge on any atom is 0.339 e. The van der Waals surface area contributed by atoms with Crippen LogP contribution >= 0.6 is 0 Å². The average molecular weight is 360 g/mol. The van der Waals surface area contributed by atoms with E-state index < -0.39 is 18.0 Å². The molecule has 1 N–H and O–H groups in total. The van der Waals surface area contributed by atoms with Gasteiger partial charge in [-0.3, -0.25) is 0 Å². The van der Waals surface area contributed by atoms with Crippen molar-refractivity contribution in [3.8, 4) is 0 Å². The van der Waals surface area contributed by atoms with Gasteiger partial charge in [0, 0.05) is 5.92 Å². The lowest BCUT2D eigenvalue weighted by molar-refractivity contribution is 0.0302. The Morgan fingerprint density at radius 3 is 1.67 bits per heavy atom. The smallest absolute Gasteiger partial charge is 0.339 e. The molecule has 0 heterocycles. The van der Waals surface area contributed by atoms with E-state index in [0.717, 1.165) is 11.1 Å². The van der Waals surface area contributed by atoms with Crippen LogP contribution in [-0.4, -0.2) is 23.1 Å². The van der Waals surface area contributed by atoms with Crippen LogP contribution in [0.1, 0.15) is 44.7 Å². The Morgan fingerprint density at radius 2 is 1.19 bits per heavy atom. The molecule has 0 aromatic heterocycles. The lowest BCUT2D eigenvalue weighted by Crippen LogP contribution is -2.24. The number of carbonyl (C=O) groups is 2. The van der Waals surface area contributed by atoms with E-state index in [-0.39, 0.29) is 17.0 Å². The highest BCUT2D eigenvalue weighted by atomic mass is 16.5. The highest BCUT2D eigenvalue weighted by Crippen LogP contribution is 2.30. The van der Waals surface area contributed by atoms with Gasteiger partial charge in [-0.2, -0.15) is 0 Å². The van der Waals surface area contributed by atoms with E-state index in [2.05, 4.69) is 0 Å². The molecule has 0 fully saturated rings. The van der Waals surface area contributed by atoms with Crippen LogP contribution in [0.2, 0.25) is 0 Å². The summed E-state index contributed by atoms with van der Waals surface area (Å²) >= 11 is 0. The maximum atomic E-state index is 12.7. The highest BCUT2D eigenvalue weighted by molar-refractivity contribution is 6.02. The van der Waals surface area contributed by atoms with Crippen molar-refractivity contribution in [1.82, 2.24) is 0 Å². The molecule has 0 saturated heterocycles. The molecule has 0 amide bonds. The first kappa shape index (κ1) is 18.4. The summed E-state index contributed by atoms with van der Waals surface area (Å²) in [6, 6.07) is 25.7. The molecular formula is C23H20O4. The summed E-state index contributed by atoms with van der Waals surface area (Å²) in [7, 11) is 0. The van der Waals surface area contributed by atoms with Gasteiger partial charge in [0.25, 0.3) is 0 Å². The maximum absolute atomic E-state index is 12.7. The van der Waals surface area contributed by atoms with Gasteiger partial charge >= 0.3 is 11.9 Å². The van der Waals surface area contributed by atoms with Crippen LogP contribution in [0.15, 0.2) is 84.9 Å². The zero-order chi connectivity index (χ0) is 19.2. The van der Waals surface area contributed by atoms with E-state index >= 15 is 0 Å². The van der Waals surface area contributed by atoms with Gasteiger partial charge in [0.15, 0.2) is 0 Å². The van der Waals surface area contributed by atoms with Crippen molar-refractivity contribution < 1.29 is 19.4 Å². The molecule has 0 saturated carbocycles. The minimum atomic E-state index is -1.15. The average Bonchev–Trinajstić information content (AvgIpc) is 2.69. The van der Waals surface area contributed by atoms with Crippen molar-refractivity contribution in [2.75, 3.05) is 0 Å². The van der Waals surface area contributed by atoms with Crippen LogP contribution in [0.25, 0.3) is 0 Å². The van der Waals surface area contributed by atoms with Gasteiger partial charge in [0.2, 0.25) is 0 Å². The van der Waals surface area contributed by atoms with E-state index in [4.69, 9.17) is 4.74 Å². The van der Waals surface area contributed by atoms with Crippen LogP contribution in [0.5, 0.6) is 0 Å². The summed E-state index contributed by atoms with van der Waals surface area (Å²) in [6.07, 6.45) is -0.482. The third-order valence-electron chi connectivity index (χ3n) is 4.46. The molecule has 136 valence electrons. The van der Waals surface area contributed by atoms with Crippen molar-refractivity contribution in [2.45, 2.75) is 18.9 Å². The Hall–Kier alpha value is -3.40. The largest absolute Gasteiger partial charge is 0.478 e. The Kier molecular flexibility index (Phi) is 5.67. The fourth-order valence-corrected chi connectivity index (χ4v) is 3.20. The SMILES string of the molecule is C[C@H](OC(=O)c1ccccc1C(=O)O)C(c1ccccc1)c1ccccc1. The summed E-state index contributed by atoms with van der Waals surface area (Å²) in [5, 5.41) is 9.31. The monoisotopic (exact) mass is 360 g/mol. The minimum absolute atomic E-state index is 0.0525. The molecule has 1 atom stereocenters. The lowest BCUT2D eigenvalue weighted by Gasteiger charge is -2.25. The van der Waals surface area contributed by atoms with Crippen molar-refractivity contribution >= 4 is 11.9 Å². The molecule has 0 aliphatic heterocycles. The van der Waals surface area contributed by atoms with Crippen LogP contribution < -0.4 is 0 Å². The second-order valence-electron chi connectivity index (χ2n) is 6.26. The molecule has 0 radical (unpaired) electrons. The summed E-state index contributed by atoms with van der Waals surface area (Å²) in [5.74, 6) is -1.96. The van der Waals surface area contributed by atoms with E-state index in [9.17, 15) is 14.7 Å². The Bertz CT molecular complexity index is 880. The van der Waals surface area contributed by atoms with E-state index in [1.165, 1.54) is 12.1 Å². The van der Waals surface area contributed by atoms with Crippen molar-refractivity contribution in [2.24, 2.45) is 0 Å². The molecule has 3 aromatic rings. The number of aromatic carboxylic acids is 1. The van der Waals surface area contributed by atoms with Gasteiger partial charge in [-0.15, -0.1) is 0 Å². The molecule has 0 aliphatic carbocycles. The molecule has 27 heavy (non-hydrogen) atoms. The number of hydrogen-bond donors (Lipinski definition) is 1. The van der Waals surface area contributed by atoms with Crippen molar-refractivity contribution in [1.29, 1.82) is 0 Å². The Morgan fingerprint density at radius 1 is 0.741 bits per heavy atom. The lowest BCUT2D eigenvalue weighted by atomic mass is 9.87. The van der Waals surface area contributed by atoms with Gasteiger partial charge in [0.1, 0.15) is 6.10 Å². The first-order valence-corrected chi connectivity index (χ1v) is 8.71. The molecule has 4 heteroatoms. The quantitative estimate of drug-likeness (QED) is 0.644. The molecule has 0 aliphatic rings. The van der Waals surface area contributed by atoms with Crippen LogP contribution in [0.4, 0.5) is 0 Å². The zero-order valence-electron chi connectivity index (χ0n) is 14.9. The number of rotatable bonds is 6. The van der Waals surface area contributed by atoms with Crippen LogP contribution in [-0.2, 0) is 4.74 Å². The van der Waals surface area contributed by atoms with Crippen molar-refractivity contribution in [3.63, 3.8) is 0 Å². The third-order valence-corrected chi connectivity index (χ3v) is 4.46. The van der Waals surface area contributed by atoms with Gasteiger partial charge in [0.05, 0.1) is 11.1 Å². The molecule has 0 unspecified atom stereocenters. The fourth-order valence-electron chi connectivity index (χ4n) is 3.20. The van der Waals surface area contributed by atoms with Gasteiger partial charge in [-0.25, -0.2) is 9.59 Å². The van der Waals surface area contributed by atoms with Crippen LogP contribution in [0, 0.1) is 0 Å². The summed E-state index contributed by atoms with van der Waals surface area (Å²) in [5.41, 5.74) is 2.04. The Balaban J connectivity index is 1.91. The predicted octanol–water partition coefficient (Wildman–Crippen LogP) is 4.76. The summed E-state index contributed by atoms with van der Waals surface area (Å²) in [6.45, 7) is 1.83. The van der Waals surface area contributed by atoms with E-state index in [1.54, 1.807) is 12.1 Å². The first-order chi connectivity index (χ1) is 13.1. The second-order valence-corrected chi connectivity index (χ2v) is 6.26. The topological polar surface area (TPSA) is 63.6 Å². The van der Waals surface area contributed by atoms with Gasteiger partial charge in [-0.05, 0) is 30.2 Å². The highest BCUT2D eigenvalue weighted by Gasteiger charge is 2.26. The molecule has 3 aromatic carbocycles. The second kappa shape index (κ2) is 8.32. The summed E-state index contributed by atoms with van der Waals surface area (Å²) in [4.78, 5) is 24.0.